The Kier molecular flexibility index (Phi) is 6.30. The van der Waals surface area contributed by atoms with E-state index in [9.17, 15) is 9.90 Å². The van der Waals surface area contributed by atoms with Crippen LogP contribution in [0, 0.1) is 0 Å². The Balaban J connectivity index is 1.78. The normalized spacial score (nSPS) is 16.2. The van der Waals surface area contributed by atoms with Crippen molar-refractivity contribution in [2.45, 2.75) is 32.8 Å². The summed E-state index contributed by atoms with van der Waals surface area (Å²) in [6, 6.07) is 11.6. The molecule has 1 aromatic heterocycles. The summed E-state index contributed by atoms with van der Waals surface area (Å²) in [6.45, 7) is 5.49. The number of carbonyl (C=O) groups is 1. The molecule has 2 N–H and O–H groups in total. The van der Waals surface area contributed by atoms with Crippen LogP contribution in [0.2, 0.25) is 5.02 Å². The summed E-state index contributed by atoms with van der Waals surface area (Å²) in [5.74, 6) is 0.639. The number of aromatic nitrogens is 2. The fourth-order valence-electron chi connectivity index (χ4n) is 3.37. The van der Waals surface area contributed by atoms with Gasteiger partial charge in [-0.2, -0.15) is 10.1 Å². The maximum Gasteiger partial charge on any atom is 0.285 e. The Labute approximate surface area is 194 Å². The third kappa shape index (κ3) is 4.75. The zero-order valence-corrected chi connectivity index (χ0v) is 19.8. The first-order chi connectivity index (χ1) is 14.8. The highest BCUT2D eigenvalue weighted by Crippen LogP contribution is 2.40. The van der Waals surface area contributed by atoms with Crippen molar-refractivity contribution < 1.29 is 9.90 Å². The minimum atomic E-state index is -0.979. The van der Waals surface area contributed by atoms with E-state index in [1.54, 1.807) is 37.9 Å². The molecule has 0 fully saturated rings. The van der Waals surface area contributed by atoms with Crippen LogP contribution in [0.4, 0.5) is 0 Å². The fraction of sp³-hybridized carbons (Fsp3) is 0.261. The van der Waals surface area contributed by atoms with E-state index >= 15 is 0 Å². The van der Waals surface area contributed by atoms with Crippen molar-refractivity contribution in [1.29, 1.82) is 0 Å². The van der Waals surface area contributed by atoms with Gasteiger partial charge in [0.05, 0.1) is 22.2 Å². The standard InChI is InChI=1S/C23H22ClN3O2S2/c1-4-30-22-26-21(28)20(31-22)17(13-6-8-19-15(9-13)12-25-27-19)10-14-5-7-16(11-18(14)24)23(2,3)29/h5-9,11-12,29H,4,10H2,1-3H3,(H,25,27). The van der Waals surface area contributed by atoms with Gasteiger partial charge in [0.25, 0.3) is 5.91 Å². The molecule has 8 heteroatoms. The Bertz CT molecular complexity index is 1230. The Morgan fingerprint density at radius 1 is 1.26 bits per heavy atom. The molecule has 1 aliphatic heterocycles. The largest absolute Gasteiger partial charge is 0.386 e. The van der Waals surface area contributed by atoms with Crippen LogP contribution in [0.25, 0.3) is 16.5 Å². The molecule has 2 aromatic carbocycles. The minimum Gasteiger partial charge on any atom is -0.386 e. The molecule has 0 saturated carbocycles. The molecule has 5 nitrogen and oxygen atoms in total. The van der Waals surface area contributed by atoms with E-state index < -0.39 is 5.60 Å². The van der Waals surface area contributed by atoms with E-state index in [-0.39, 0.29) is 5.91 Å². The minimum absolute atomic E-state index is 0.215. The Morgan fingerprint density at radius 3 is 2.77 bits per heavy atom. The van der Waals surface area contributed by atoms with Crippen molar-refractivity contribution in [3.63, 3.8) is 0 Å². The number of H-pyrrole nitrogens is 1. The topological polar surface area (TPSA) is 78.3 Å². The summed E-state index contributed by atoms with van der Waals surface area (Å²) in [7, 11) is 0. The van der Waals surface area contributed by atoms with Gasteiger partial charge in [-0.25, -0.2) is 0 Å². The van der Waals surface area contributed by atoms with E-state index in [4.69, 9.17) is 11.6 Å². The molecule has 31 heavy (non-hydrogen) atoms. The first-order valence-electron chi connectivity index (χ1n) is 9.88. The lowest BCUT2D eigenvalue weighted by Gasteiger charge is -2.19. The van der Waals surface area contributed by atoms with Crippen molar-refractivity contribution >= 4 is 61.9 Å². The SMILES string of the molecule is CCSC1=NC(=O)C(=C(Cc2ccc(C(C)(C)O)cc2Cl)c2ccc3[nH]ncc3c2)S1. The summed E-state index contributed by atoms with van der Waals surface area (Å²) in [6.07, 6.45) is 2.24. The monoisotopic (exact) mass is 471 g/mol. The molecular weight excluding hydrogens is 450 g/mol. The zero-order chi connectivity index (χ0) is 22.2. The van der Waals surface area contributed by atoms with Gasteiger partial charge in [-0.1, -0.05) is 60.2 Å². The van der Waals surface area contributed by atoms with Crippen LogP contribution in [0.1, 0.15) is 37.5 Å². The first-order valence-corrected chi connectivity index (χ1v) is 12.1. The molecule has 0 bridgehead atoms. The summed E-state index contributed by atoms with van der Waals surface area (Å²) in [5.41, 5.74) is 3.40. The number of aliphatic hydroxyl groups is 1. The van der Waals surface area contributed by atoms with Gasteiger partial charge >= 0.3 is 0 Å². The molecule has 1 amide bonds. The summed E-state index contributed by atoms with van der Waals surface area (Å²) in [4.78, 5) is 17.6. The number of aromatic amines is 1. The van der Waals surface area contributed by atoms with Crippen LogP contribution in [0.3, 0.4) is 0 Å². The highest BCUT2D eigenvalue weighted by atomic mass is 35.5. The molecule has 0 spiro atoms. The molecule has 2 heterocycles. The third-order valence-electron chi connectivity index (χ3n) is 5.03. The van der Waals surface area contributed by atoms with Gasteiger partial charge in [0.15, 0.2) is 0 Å². The van der Waals surface area contributed by atoms with Gasteiger partial charge in [-0.15, -0.1) is 0 Å². The number of hydrogen-bond donors (Lipinski definition) is 2. The maximum atomic E-state index is 12.8. The molecule has 0 aliphatic carbocycles. The van der Waals surface area contributed by atoms with E-state index in [0.717, 1.165) is 43.3 Å². The molecule has 1 aliphatic rings. The van der Waals surface area contributed by atoms with Gasteiger partial charge in [-0.3, -0.25) is 9.89 Å². The van der Waals surface area contributed by atoms with Gasteiger partial charge in [0.1, 0.15) is 4.38 Å². The lowest BCUT2D eigenvalue weighted by molar-refractivity contribution is -0.113. The number of halogens is 1. The zero-order valence-electron chi connectivity index (χ0n) is 17.4. The summed E-state index contributed by atoms with van der Waals surface area (Å²) in [5, 5.41) is 18.9. The maximum absolute atomic E-state index is 12.8. The van der Waals surface area contributed by atoms with E-state index in [2.05, 4.69) is 15.2 Å². The van der Waals surface area contributed by atoms with Crippen LogP contribution >= 0.6 is 35.1 Å². The number of fused-ring (bicyclic) bond motifs is 1. The summed E-state index contributed by atoms with van der Waals surface area (Å²) >= 11 is 9.58. The summed E-state index contributed by atoms with van der Waals surface area (Å²) < 4.78 is 0.771. The van der Waals surface area contributed by atoms with Crippen LogP contribution < -0.4 is 0 Å². The number of nitrogens with one attached hydrogen (secondary N) is 1. The van der Waals surface area contributed by atoms with E-state index in [1.165, 1.54) is 11.8 Å². The quantitative estimate of drug-likeness (QED) is 0.461. The van der Waals surface area contributed by atoms with Crippen molar-refractivity contribution in [2.24, 2.45) is 4.99 Å². The van der Waals surface area contributed by atoms with Crippen molar-refractivity contribution in [3.05, 3.63) is 69.2 Å². The molecule has 0 radical (unpaired) electrons. The second-order valence-electron chi connectivity index (χ2n) is 7.74. The number of amides is 1. The number of nitrogens with zero attached hydrogens (tertiary/aromatic N) is 2. The molecule has 0 unspecified atom stereocenters. The lowest BCUT2D eigenvalue weighted by atomic mass is 9.93. The number of hydrogen-bond acceptors (Lipinski definition) is 5. The second kappa shape index (κ2) is 8.82. The molecule has 160 valence electrons. The predicted octanol–water partition coefficient (Wildman–Crippen LogP) is 5.78. The predicted molar refractivity (Wildman–Crippen MR) is 132 cm³/mol. The smallest absolute Gasteiger partial charge is 0.285 e. The molecular formula is C23H22ClN3O2S2. The van der Waals surface area contributed by atoms with Crippen LogP contribution in [0.5, 0.6) is 0 Å². The fourth-order valence-corrected chi connectivity index (χ4v) is 5.60. The number of carbonyl (C=O) groups excluding carboxylic acids is 1. The van der Waals surface area contributed by atoms with Gasteiger partial charge in [-0.05, 0) is 60.1 Å². The highest BCUT2D eigenvalue weighted by Gasteiger charge is 2.27. The van der Waals surface area contributed by atoms with Gasteiger partial charge < -0.3 is 5.11 Å². The average molecular weight is 472 g/mol. The van der Waals surface area contributed by atoms with Crippen LogP contribution in [-0.4, -0.2) is 31.3 Å². The van der Waals surface area contributed by atoms with Crippen molar-refractivity contribution in [3.8, 4) is 0 Å². The van der Waals surface area contributed by atoms with Crippen molar-refractivity contribution in [2.75, 3.05) is 5.75 Å². The van der Waals surface area contributed by atoms with Crippen molar-refractivity contribution in [1.82, 2.24) is 10.2 Å². The third-order valence-corrected chi connectivity index (χ3v) is 7.51. The van der Waals surface area contributed by atoms with Crippen LogP contribution in [-0.2, 0) is 16.8 Å². The van der Waals surface area contributed by atoms with Gasteiger partial charge in [0.2, 0.25) is 0 Å². The van der Waals surface area contributed by atoms with Gasteiger partial charge in [0, 0.05) is 16.8 Å². The lowest BCUT2D eigenvalue weighted by Crippen LogP contribution is -2.15. The average Bonchev–Trinajstić information content (AvgIpc) is 3.32. The second-order valence-corrected chi connectivity index (χ2v) is 10.7. The number of thioether (sulfide) groups is 2. The molecule has 0 saturated heterocycles. The van der Waals surface area contributed by atoms with Crippen LogP contribution in [0.15, 0.2) is 52.5 Å². The number of allylic oxidation sites excluding steroid dienone is 1. The number of aliphatic imine (C=N–C) groups is 1. The Morgan fingerprint density at radius 2 is 2.06 bits per heavy atom. The molecule has 3 aromatic rings. The van der Waals surface area contributed by atoms with E-state index in [0.29, 0.717) is 16.3 Å². The highest BCUT2D eigenvalue weighted by molar-refractivity contribution is 8.41. The molecule has 0 atom stereocenters. The Hall–Kier alpha value is -2.06. The first kappa shape index (κ1) is 22.1. The molecule has 4 rings (SSSR count). The number of rotatable bonds is 5. The number of benzene rings is 2. The van der Waals surface area contributed by atoms with E-state index in [1.807, 2.05) is 37.3 Å².